The molecule has 0 atom stereocenters. The highest BCUT2D eigenvalue weighted by molar-refractivity contribution is 5.93. The van der Waals surface area contributed by atoms with E-state index in [-0.39, 0.29) is 19.0 Å². The zero-order valence-electron chi connectivity index (χ0n) is 10.00. The summed E-state index contributed by atoms with van der Waals surface area (Å²) in [6.45, 7) is 5.43. The lowest BCUT2D eigenvalue weighted by Crippen LogP contribution is -2.36. The molecule has 0 unspecified atom stereocenters. The van der Waals surface area contributed by atoms with Gasteiger partial charge < -0.3 is 15.1 Å². The van der Waals surface area contributed by atoms with Crippen LogP contribution in [0.5, 0.6) is 0 Å². The van der Waals surface area contributed by atoms with Crippen LogP contribution in [0.3, 0.4) is 0 Å². The summed E-state index contributed by atoms with van der Waals surface area (Å²) in [5.41, 5.74) is 0. The van der Waals surface area contributed by atoms with E-state index in [2.05, 4.69) is 18.8 Å². The average Bonchev–Trinajstić information content (AvgIpc) is 2.66. The summed E-state index contributed by atoms with van der Waals surface area (Å²) in [5.74, 6) is -4.00. The standard InChI is InChI=1S/C7H10N2O4.C3H8.ClH/c10-6(11)5(7(12)13)3-9-2-1-8-4-9;1-3-2;/h4-5H,1-3H2,(H,10,11)(H,12,13);3H2,1-2H3;1H. The van der Waals surface area contributed by atoms with Crippen molar-refractivity contribution >= 4 is 30.7 Å². The molecule has 0 aliphatic carbocycles. The van der Waals surface area contributed by atoms with Crippen molar-refractivity contribution in [3.05, 3.63) is 0 Å². The summed E-state index contributed by atoms with van der Waals surface area (Å²) in [7, 11) is 0. The predicted octanol–water partition coefficient (Wildman–Crippen LogP) is 0.954. The fourth-order valence-corrected chi connectivity index (χ4v) is 1.05. The van der Waals surface area contributed by atoms with E-state index >= 15 is 0 Å². The topological polar surface area (TPSA) is 90.2 Å². The average molecular weight is 267 g/mol. The molecule has 1 rings (SSSR count). The molecule has 0 fully saturated rings. The van der Waals surface area contributed by atoms with Crippen LogP contribution in [0.1, 0.15) is 20.3 Å². The van der Waals surface area contributed by atoms with E-state index in [0.29, 0.717) is 13.1 Å². The Morgan fingerprint density at radius 3 is 2.12 bits per heavy atom. The van der Waals surface area contributed by atoms with Gasteiger partial charge in [0.1, 0.15) is 0 Å². The third-order valence-electron chi connectivity index (χ3n) is 1.77. The van der Waals surface area contributed by atoms with Crippen molar-refractivity contribution in [2.24, 2.45) is 10.9 Å². The van der Waals surface area contributed by atoms with Gasteiger partial charge in [0.15, 0.2) is 5.92 Å². The Bertz CT molecular complexity index is 257. The summed E-state index contributed by atoms with van der Waals surface area (Å²) < 4.78 is 0. The van der Waals surface area contributed by atoms with Crippen LogP contribution in [0.2, 0.25) is 0 Å². The SMILES string of the molecule is CCC.Cl.O=C(O)C(CN1C=NCC1)C(=O)O. The number of carboxylic acids is 2. The number of hydrogen-bond acceptors (Lipinski definition) is 4. The molecule has 0 radical (unpaired) electrons. The van der Waals surface area contributed by atoms with Gasteiger partial charge in [-0.2, -0.15) is 0 Å². The highest BCUT2D eigenvalue weighted by Gasteiger charge is 2.28. The Hall–Kier alpha value is -1.30. The van der Waals surface area contributed by atoms with Gasteiger partial charge >= 0.3 is 11.9 Å². The fourth-order valence-electron chi connectivity index (χ4n) is 1.05. The maximum Gasteiger partial charge on any atom is 0.319 e. The molecule has 0 amide bonds. The minimum Gasteiger partial charge on any atom is -0.481 e. The third kappa shape index (κ3) is 7.57. The molecule has 17 heavy (non-hydrogen) atoms. The zero-order valence-corrected chi connectivity index (χ0v) is 10.8. The molecular formula is C10H19ClN2O4. The fraction of sp³-hybridized carbons (Fsp3) is 0.700. The second-order valence-electron chi connectivity index (χ2n) is 3.45. The van der Waals surface area contributed by atoms with Gasteiger partial charge in [0.25, 0.3) is 0 Å². The van der Waals surface area contributed by atoms with Gasteiger partial charge in [0, 0.05) is 13.1 Å². The summed E-state index contributed by atoms with van der Waals surface area (Å²) in [5, 5.41) is 17.1. The van der Waals surface area contributed by atoms with Crippen molar-refractivity contribution in [1.82, 2.24) is 4.90 Å². The molecule has 0 aromatic heterocycles. The lowest BCUT2D eigenvalue weighted by atomic mass is 10.1. The monoisotopic (exact) mass is 266 g/mol. The van der Waals surface area contributed by atoms with Crippen LogP contribution in [0.15, 0.2) is 4.99 Å². The molecule has 0 bridgehead atoms. The molecular weight excluding hydrogens is 248 g/mol. The van der Waals surface area contributed by atoms with Crippen LogP contribution in [0.4, 0.5) is 0 Å². The number of nitrogens with zero attached hydrogens (tertiary/aromatic N) is 2. The number of aliphatic imine (C=N–C) groups is 1. The highest BCUT2D eigenvalue weighted by atomic mass is 35.5. The molecule has 0 saturated heterocycles. The van der Waals surface area contributed by atoms with Crippen molar-refractivity contribution in [3.63, 3.8) is 0 Å². The van der Waals surface area contributed by atoms with Gasteiger partial charge in [0.2, 0.25) is 0 Å². The number of carboxylic acid groups (broad SMARTS) is 2. The summed E-state index contributed by atoms with van der Waals surface area (Å²) in [4.78, 5) is 26.4. The number of rotatable bonds is 4. The molecule has 0 aromatic carbocycles. The maximum atomic E-state index is 10.5. The van der Waals surface area contributed by atoms with Crippen LogP contribution in [0, 0.1) is 5.92 Å². The number of aliphatic carboxylic acids is 2. The Morgan fingerprint density at radius 2 is 1.82 bits per heavy atom. The predicted molar refractivity (Wildman–Crippen MR) is 66.9 cm³/mol. The Labute approximate surface area is 107 Å². The van der Waals surface area contributed by atoms with E-state index < -0.39 is 17.9 Å². The van der Waals surface area contributed by atoms with Crippen molar-refractivity contribution in [3.8, 4) is 0 Å². The van der Waals surface area contributed by atoms with Crippen LogP contribution >= 0.6 is 12.4 Å². The van der Waals surface area contributed by atoms with E-state index in [0.717, 1.165) is 0 Å². The van der Waals surface area contributed by atoms with Gasteiger partial charge in [0.05, 0.1) is 12.9 Å². The van der Waals surface area contributed by atoms with E-state index in [4.69, 9.17) is 10.2 Å². The van der Waals surface area contributed by atoms with Gasteiger partial charge in [-0.1, -0.05) is 20.3 Å². The molecule has 0 saturated carbocycles. The van der Waals surface area contributed by atoms with Crippen LogP contribution in [0.25, 0.3) is 0 Å². The van der Waals surface area contributed by atoms with Crippen LogP contribution < -0.4 is 0 Å². The molecule has 7 heteroatoms. The molecule has 1 heterocycles. The van der Waals surface area contributed by atoms with Gasteiger partial charge in [-0.3, -0.25) is 14.6 Å². The number of hydrogen-bond donors (Lipinski definition) is 2. The maximum absolute atomic E-state index is 10.5. The summed E-state index contributed by atoms with van der Waals surface area (Å²) >= 11 is 0. The summed E-state index contributed by atoms with van der Waals surface area (Å²) in [6, 6.07) is 0. The largest absolute Gasteiger partial charge is 0.481 e. The Morgan fingerprint density at radius 1 is 1.35 bits per heavy atom. The third-order valence-corrected chi connectivity index (χ3v) is 1.77. The second-order valence-corrected chi connectivity index (χ2v) is 3.45. The van der Waals surface area contributed by atoms with E-state index in [1.807, 2.05) is 0 Å². The first-order valence-corrected chi connectivity index (χ1v) is 5.22. The molecule has 0 spiro atoms. The Kier molecular flexibility index (Phi) is 10.5. The van der Waals surface area contributed by atoms with Crippen LogP contribution in [-0.4, -0.2) is 53.0 Å². The van der Waals surface area contributed by atoms with Crippen molar-refractivity contribution < 1.29 is 19.8 Å². The first-order valence-electron chi connectivity index (χ1n) is 5.22. The first kappa shape index (κ1) is 18.1. The molecule has 6 nitrogen and oxygen atoms in total. The molecule has 1 aliphatic rings. The molecule has 0 aromatic rings. The van der Waals surface area contributed by atoms with E-state index in [1.165, 1.54) is 12.8 Å². The molecule has 1 aliphatic heterocycles. The van der Waals surface area contributed by atoms with Crippen LogP contribution in [-0.2, 0) is 9.59 Å². The minimum atomic E-state index is -1.37. The highest BCUT2D eigenvalue weighted by Crippen LogP contribution is 2.03. The van der Waals surface area contributed by atoms with Gasteiger partial charge in [-0.15, -0.1) is 12.4 Å². The number of carbonyl (C=O) groups is 2. The minimum absolute atomic E-state index is 0. The van der Waals surface area contributed by atoms with Crippen molar-refractivity contribution in [1.29, 1.82) is 0 Å². The number of halogens is 1. The molecule has 100 valence electrons. The second kappa shape index (κ2) is 9.89. The Balaban J connectivity index is 0. The van der Waals surface area contributed by atoms with E-state index in [9.17, 15) is 9.59 Å². The summed E-state index contributed by atoms with van der Waals surface area (Å²) in [6.07, 6.45) is 2.74. The molecule has 2 N–H and O–H groups in total. The smallest absolute Gasteiger partial charge is 0.319 e. The van der Waals surface area contributed by atoms with Crippen molar-refractivity contribution in [2.75, 3.05) is 19.6 Å². The lowest BCUT2D eigenvalue weighted by molar-refractivity contribution is -0.154. The quantitative estimate of drug-likeness (QED) is 0.740. The normalized spacial score (nSPS) is 12.8. The van der Waals surface area contributed by atoms with E-state index in [1.54, 1.807) is 4.90 Å². The lowest BCUT2D eigenvalue weighted by Gasteiger charge is -2.16. The van der Waals surface area contributed by atoms with Crippen molar-refractivity contribution in [2.45, 2.75) is 20.3 Å². The zero-order chi connectivity index (χ0) is 12.6. The van der Waals surface area contributed by atoms with Gasteiger partial charge in [-0.05, 0) is 0 Å². The first-order chi connectivity index (χ1) is 7.52. The van der Waals surface area contributed by atoms with Gasteiger partial charge in [-0.25, -0.2) is 0 Å².